The van der Waals surface area contributed by atoms with Crippen molar-refractivity contribution in [2.75, 3.05) is 0 Å². The zero-order valence-corrected chi connectivity index (χ0v) is 11.2. The first kappa shape index (κ1) is 15.4. The molecule has 0 aromatic carbocycles. The van der Waals surface area contributed by atoms with Crippen LogP contribution in [0.2, 0.25) is 0 Å². The van der Waals surface area contributed by atoms with Crippen molar-refractivity contribution in [1.82, 2.24) is 0 Å². The van der Waals surface area contributed by atoms with Gasteiger partial charge in [0, 0.05) is 5.57 Å². The van der Waals surface area contributed by atoms with Crippen LogP contribution in [0.15, 0.2) is 12.2 Å². The van der Waals surface area contributed by atoms with Gasteiger partial charge in [-0.25, -0.2) is 9.36 Å². The highest BCUT2D eigenvalue weighted by Crippen LogP contribution is 2.52. The van der Waals surface area contributed by atoms with Crippen molar-refractivity contribution >= 4 is 13.8 Å². The van der Waals surface area contributed by atoms with E-state index in [0.717, 1.165) is 0 Å². The van der Waals surface area contributed by atoms with E-state index in [-0.39, 0.29) is 17.8 Å². The average Bonchev–Trinajstić information content (AvgIpc) is 1.98. The lowest BCUT2D eigenvalue weighted by molar-refractivity contribution is -0.132. The molecule has 0 spiro atoms. The summed E-state index contributed by atoms with van der Waals surface area (Å²) >= 11 is 0. The lowest BCUT2D eigenvalue weighted by Gasteiger charge is -2.21. The second-order valence-corrected chi connectivity index (χ2v) is 5.41. The predicted octanol–water partition coefficient (Wildman–Crippen LogP) is 3.06. The van der Waals surface area contributed by atoms with Crippen LogP contribution in [0.5, 0.6) is 0 Å². The highest BCUT2D eigenvalue weighted by Gasteiger charge is 2.33. The Morgan fingerprint density at radius 1 is 1.12 bits per heavy atom. The van der Waals surface area contributed by atoms with Gasteiger partial charge in [-0.3, -0.25) is 9.05 Å². The zero-order chi connectivity index (χ0) is 12.9. The van der Waals surface area contributed by atoms with Crippen molar-refractivity contribution in [3.05, 3.63) is 12.2 Å². The third kappa shape index (κ3) is 6.05. The lowest BCUT2D eigenvalue weighted by Crippen LogP contribution is -2.13. The van der Waals surface area contributed by atoms with Crippen molar-refractivity contribution in [3.8, 4) is 0 Å². The third-order valence-electron chi connectivity index (χ3n) is 1.22. The molecule has 94 valence electrons. The minimum atomic E-state index is -3.85. The largest absolute Gasteiger partial charge is 0.532 e. The Labute approximate surface area is 96.4 Å². The molecule has 0 heterocycles. The van der Waals surface area contributed by atoms with E-state index in [0.29, 0.717) is 0 Å². The van der Waals surface area contributed by atoms with Gasteiger partial charge >= 0.3 is 13.8 Å². The number of hydrogen-bond acceptors (Lipinski definition) is 5. The van der Waals surface area contributed by atoms with Crippen LogP contribution in [-0.2, 0) is 22.9 Å². The number of phosphoric ester groups is 1. The molecule has 0 N–H and O–H groups in total. The molecule has 0 saturated carbocycles. The molecule has 0 bridgehead atoms. The number of rotatable bonds is 6. The maximum Gasteiger partial charge on any atom is 0.532 e. The molecule has 0 rings (SSSR count). The number of carbonyl (C=O) groups excluding carboxylic acids is 1. The van der Waals surface area contributed by atoms with Crippen molar-refractivity contribution < 1.29 is 22.9 Å². The monoisotopic (exact) mass is 250 g/mol. The van der Waals surface area contributed by atoms with Crippen molar-refractivity contribution in [1.29, 1.82) is 0 Å². The van der Waals surface area contributed by atoms with E-state index in [1.54, 1.807) is 27.7 Å². The maximum atomic E-state index is 12.0. The number of carbonyl (C=O) groups is 1. The molecule has 0 saturated heterocycles. The molecule has 0 atom stereocenters. The molecule has 6 heteroatoms. The molecule has 0 aromatic heterocycles. The summed E-state index contributed by atoms with van der Waals surface area (Å²) in [6, 6.07) is 0. The van der Waals surface area contributed by atoms with Crippen LogP contribution in [0.3, 0.4) is 0 Å². The van der Waals surface area contributed by atoms with Gasteiger partial charge in [-0.1, -0.05) is 6.58 Å². The second kappa shape index (κ2) is 6.18. The molecule has 0 radical (unpaired) electrons. The normalized spacial score (nSPS) is 11.9. The van der Waals surface area contributed by atoms with E-state index in [4.69, 9.17) is 13.6 Å². The molecular weight excluding hydrogens is 231 g/mol. The van der Waals surface area contributed by atoms with Gasteiger partial charge in [0.25, 0.3) is 0 Å². The van der Waals surface area contributed by atoms with Gasteiger partial charge in [-0.05, 0) is 34.6 Å². The molecule has 0 aliphatic rings. The molecule has 5 nitrogen and oxygen atoms in total. The summed E-state index contributed by atoms with van der Waals surface area (Å²) in [7, 11) is -3.85. The van der Waals surface area contributed by atoms with Crippen LogP contribution in [0.1, 0.15) is 34.6 Å². The maximum absolute atomic E-state index is 12.0. The van der Waals surface area contributed by atoms with Gasteiger partial charge in [0.05, 0.1) is 12.2 Å². The smallest absolute Gasteiger partial charge is 0.367 e. The Bertz CT molecular complexity index is 294. The first-order chi connectivity index (χ1) is 7.16. The molecule has 0 aliphatic heterocycles. The molecule has 0 unspecified atom stereocenters. The van der Waals surface area contributed by atoms with Gasteiger partial charge in [0.2, 0.25) is 0 Å². The van der Waals surface area contributed by atoms with Crippen LogP contribution in [0, 0.1) is 0 Å². The molecular formula is C10H19O5P. The standard InChI is InChI=1S/C10H19O5P/c1-7(2)10(11)15-16(12,13-8(3)4)14-9(5)6/h8-9H,1H2,2-6H3. The summed E-state index contributed by atoms with van der Waals surface area (Å²) in [4.78, 5) is 11.3. The van der Waals surface area contributed by atoms with E-state index < -0.39 is 13.8 Å². The van der Waals surface area contributed by atoms with E-state index in [1.807, 2.05) is 0 Å². The fraction of sp³-hybridized carbons (Fsp3) is 0.700. The van der Waals surface area contributed by atoms with E-state index in [2.05, 4.69) is 6.58 Å². The van der Waals surface area contributed by atoms with Crippen LogP contribution in [0.4, 0.5) is 0 Å². The quantitative estimate of drug-likeness (QED) is 0.535. The summed E-state index contributed by atoms with van der Waals surface area (Å²) in [6.45, 7) is 11.5. The SMILES string of the molecule is C=C(C)C(=O)OP(=O)(OC(C)C)OC(C)C. The van der Waals surface area contributed by atoms with Gasteiger partial charge < -0.3 is 4.52 Å². The first-order valence-corrected chi connectivity index (χ1v) is 6.48. The minimum absolute atomic E-state index is 0.139. The van der Waals surface area contributed by atoms with E-state index in [9.17, 15) is 9.36 Å². The van der Waals surface area contributed by atoms with Crippen LogP contribution < -0.4 is 0 Å². The zero-order valence-electron chi connectivity index (χ0n) is 10.4. The Kier molecular flexibility index (Phi) is 5.94. The van der Waals surface area contributed by atoms with Crippen LogP contribution in [0.25, 0.3) is 0 Å². The Balaban J connectivity index is 4.73. The number of hydrogen-bond donors (Lipinski definition) is 0. The highest BCUT2D eigenvalue weighted by atomic mass is 31.2. The predicted molar refractivity (Wildman–Crippen MR) is 61.0 cm³/mol. The molecule has 0 amide bonds. The Morgan fingerprint density at radius 2 is 1.50 bits per heavy atom. The minimum Gasteiger partial charge on any atom is -0.367 e. The average molecular weight is 250 g/mol. The van der Waals surface area contributed by atoms with Crippen LogP contribution in [-0.4, -0.2) is 18.2 Å². The summed E-state index contributed by atoms with van der Waals surface area (Å²) in [5.41, 5.74) is 0.139. The van der Waals surface area contributed by atoms with Crippen molar-refractivity contribution in [3.63, 3.8) is 0 Å². The van der Waals surface area contributed by atoms with Gasteiger partial charge in [0.15, 0.2) is 0 Å². The van der Waals surface area contributed by atoms with Gasteiger partial charge in [0.1, 0.15) is 0 Å². The van der Waals surface area contributed by atoms with E-state index in [1.165, 1.54) is 6.92 Å². The Hall–Kier alpha value is -0.640. The fourth-order valence-electron chi connectivity index (χ4n) is 0.764. The third-order valence-corrected chi connectivity index (χ3v) is 2.97. The summed E-state index contributed by atoms with van der Waals surface area (Å²) in [5, 5.41) is 0. The van der Waals surface area contributed by atoms with E-state index >= 15 is 0 Å². The van der Waals surface area contributed by atoms with Crippen molar-refractivity contribution in [2.45, 2.75) is 46.8 Å². The molecule has 0 aliphatic carbocycles. The van der Waals surface area contributed by atoms with Gasteiger partial charge in [-0.15, -0.1) is 0 Å². The molecule has 0 fully saturated rings. The molecule has 0 aromatic rings. The van der Waals surface area contributed by atoms with Gasteiger partial charge in [-0.2, -0.15) is 0 Å². The lowest BCUT2D eigenvalue weighted by atomic mass is 10.4. The van der Waals surface area contributed by atoms with Crippen LogP contribution >= 0.6 is 7.82 Å². The summed E-state index contributed by atoms with van der Waals surface area (Å²) in [6.07, 6.45) is -0.745. The number of phosphoric acid groups is 1. The first-order valence-electron chi connectivity index (χ1n) is 5.02. The Morgan fingerprint density at radius 3 is 1.75 bits per heavy atom. The summed E-state index contributed by atoms with van der Waals surface area (Å²) in [5.74, 6) is -0.787. The topological polar surface area (TPSA) is 61.8 Å². The molecule has 16 heavy (non-hydrogen) atoms. The summed E-state index contributed by atoms with van der Waals surface area (Å²) < 4.78 is 26.8. The highest BCUT2D eigenvalue weighted by molar-refractivity contribution is 7.49. The fourth-order valence-corrected chi connectivity index (χ4v) is 2.29. The second-order valence-electron chi connectivity index (χ2n) is 3.91. The van der Waals surface area contributed by atoms with Crippen molar-refractivity contribution in [2.24, 2.45) is 0 Å².